The molecule has 7 nitrogen and oxygen atoms in total. The van der Waals surface area contributed by atoms with Gasteiger partial charge in [-0.1, -0.05) is 6.07 Å². The van der Waals surface area contributed by atoms with Crippen molar-refractivity contribution < 1.29 is 14.3 Å². The number of likely N-dealkylation sites (N-methyl/N-ethyl adjacent to an activating group) is 1. The Morgan fingerprint density at radius 3 is 2.55 bits per heavy atom. The van der Waals surface area contributed by atoms with Gasteiger partial charge in [0.05, 0.1) is 0 Å². The third-order valence-electron chi connectivity index (χ3n) is 5.94. The van der Waals surface area contributed by atoms with Gasteiger partial charge in [0.1, 0.15) is 6.10 Å². The fraction of sp³-hybridized carbons (Fsp3) is 0.417. The normalized spacial score (nSPS) is 19.3. The summed E-state index contributed by atoms with van der Waals surface area (Å²) in [5, 5.41) is 5.84. The van der Waals surface area contributed by atoms with E-state index in [1.807, 2.05) is 13.0 Å². The molecule has 2 amide bonds. The van der Waals surface area contributed by atoms with Crippen LogP contribution in [-0.4, -0.2) is 62.7 Å². The van der Waals surface area contributed by atoms with Crippen LogP contribution in [0.1, 0.15) is 28.8 Å². The highest BCUT2D eigenvalue weighted by Gasteiger charge is 2.23. The van der Waals surface area contributed by atoms with E-state index in [0.29, 0.717) is 17.9 Å². The number of hydrogen-bond donors (Lipinski definition) is 2. The molecule has 0 saturated carbocycles. The number of carbonyl (C=O) groups excluding carboxylic acids is 2. The molecule has 1 atom stereocenters. The Morgan fingerprint density at radius 2 is 1.84 bits per heavy atom. The summed E-state index contributed by atoms with van der Waals surface area (Å²) in [4.78, 5) is 29.8. The topological polar surface area (TPSA) is 73.9 Å². The van der Waals surface area contributed by atoms with Crippen molar-refractivity contribution in [2.45, 2.75) is 25.9 Å². The summed E-state index contributed by atoms with van der Waals surface area (Å²) < 4.78 is 5.42. The van der Waals surface area contributed by atoms with Gasteiger partial charge in [0.2, 0.25) is 0 Å². The molecule has 0 aliphatic carbocycles. The molecule has 2 fully saturated rings. The Morgan fingerprint density at radius 1 is 1.03 bits per heavy atom. The van der Waals surface area contributed by atoms with Crippen LogP contribution in [0.4, 0.5) is 17.1 Å². The van der Waals surface area contributed by atoms with E-state index in [1.165, 1.54) is 5.69 Å². The summed E-state index contributed by atoms with van der Waals surface area (Å²) in [5.74, 6) is -0.367. The molecule has 0 spiro atoms. The van der Waals surface area contributed by atoms with Crippen molar-refractivity contribution in [2.75, 3.05) is 55.4 Å². The maximum Gasteiger partial charge on any atom is 0.255 e. The monoisotopic (exact) mass is 422 g/mol. The van der Waals surface area contributed by atoms with Crippen molar-refractivity contribution in [1.82, 2.24) is 4.90 Å². The fourth-order valence-electron chi connectivity index (χ4n) is 3.99. The van der Waals surface area contributed by atoms with Gasteiger partial charge in [-0.25, -0.2) is 0 Å². The molecule has 2 aromatic rings. The Labute approximate surface area is 183 Å². The molecule has 0 bridgehead atoms. The lowest BCUT2D eigenvalue weighted by molar-refractivity contribution is -0.124. The van der Waals surface area contributed by atoms with E-state index in [4.69, 9.17) is 4.74 Å². The lowest BCUT2D eigenvalue weighted by atomic mass is 10.1. The van der Waals surface area contributed by atoms with Gasteiger partial charge in [-0.15, -0.1) is 0 Å². The van der Waals surface area contributed by atoms with Crippen molar-refractivity contribution in [3.05, 3.63) is 53.6 Å². The van der Waals surface area contributed by atoms with E-state index in [9.17, 15) is 9.59 Å². The number of ether oxygens (including phenoxy) is 1. The minimum Gasteiger partial charge on any atom is -0.369 e. The van der Waals surface area contributed by atoms with Crippen LogP contribution in [0.3, 0.4) is 0 Å². The van der Waals surface area contributed by atoms with E-state index in [1.54, 1.807) is 24.3 Å². The van der Waals surface area contributed by atoms with Crippen LogP contribution in [0.2, 0.25) is 0 Å². The quantitative estimate of drug-likeness (QED) is 0.775. The number of nitrogens with zero attached hydrogens (tertiary/aromatic N) is 2. The van der Waals surface area contributed by atoms with Gasteiger partial charge in [-0.05, 0) is 68.8 Å². The minimum atomic E-state index is -0.404. The van der Waals surface area contributed by atoms with Gasteiger partial charge < -0.3 is 25.2 Å². The Bertz CT molecular complexity index is 948. The smallest absolute Gasteiger partial charge is 0.255 e. The molecule has 0 aromatic heterocycles. The molecule has 2 aromatic carbocycles. The molecular weight excluding hydrogens is 392 g/mol. The molecular formula is C24H30N4O3. The summed E-state index contributed by atoms with van der Waals surface area (Å²) in [5.41, 5.74) is 4.08. The zero-order chi connectivity index (χ0) is 21.8. The van der Waals surface area contributed by atoms with Crippen LogP contribution in [0.25, 0.3) is 0 Å². The third kappa shape index (κ3) is 5.24. The Hall–Kier alpha value is -2.90. The van der Waals surface area contributed by atoms with Gasteiger partial charge in [-0.3, -0.25) is 9.59 Å². The average molecular weight is 423 g/mol. The average Bonchev–Trinajstić information content (AvgIpc) is 3.31. The first kappa shape index (κ1) is 21.3. The molecule has 2 aliphatic rings. The predicted molar refractivity (Wildman–Crippen MR) is 123 cm³/mol. The molecule has 4 rings (SSSR count). The predicted octanol–water partition coefficient (Wildman–Crippen LogP) is 3.12. The van der Waals surface area contributed by atoms with Crippen molar-refractivity contribution in [1.29, 1.82) is 0 Å². The van der Waals surface area contributed by atoms with Gasteiger partial charge in [0.15, 0.2) is 0 Å². The van der Waals surface area contributed by atoms with E-state index in [2.05, 4.69) is 39.6 Å². The van der Waals surface area contributed by atoms with Crippen LogP contribution in [-0.2, 0) is 9.53 Å². The molecule has 7 heteroatoms. The van der Waals surface area contributed by atoms with E-state index in [-0.39, 0.29) is 11.8 Å². The zero-order valence-electron chi connectivity index (χ0n) is 18.2. The van der Waals surface area contributed by atoms with Gasteiger partial charge in [-0.2, -0.15) is 0 Å². The second kappa shape index (κ2) is 9.49. The van der Waals surface area contributed by atoms with Crippen molar-refractivity contribution in [2.24, 2.45) is 0 Å². The zero-order valence-corrected chi connectivity index (χ0v) is 18.2. The second-order valence-electron chi connectivity index (χ2n) is 8.32. The Kier molecular flexibility index (Phi) is 6.53. The summed E-state index contributed by atoms with van der Waals surface area (Å²) in [7, 11) is 2.14. The van der Waals surface area contributed by atoms with E-state index < -0.39 is 6.10 Å². The first-order valence-electron chi connectivity index (χ1n) is 10.9. The summed E-state index contributed by atoms with van der Waals surface area (Å²) in [6, 6.07) is 13.1. The molecule has 164 valence electrons. The number of benzene rings is 2. The lowest BCUT2D eigenvalue weighted by Gasteiger charge is -2.34. The highest BCUT2D eigenvalue weighted by atomic mass is 16.5. The van der Waals surface area contributed by atoms with Gasteiger partial charge in [0, 0.05) is 55.4 Å². The number of rotatable bonds is 5. The summed E-state index contributed by atoms with van der Waals surface area (Å²) >= 11 is 0. The first-order valence-corrected chi connectivity index (χ1v) is 10.9. The standard InChI is InChI=1S/C24H30N4O3/c1-17-15-20(28-12-10-27(2)11-13-28)8-9-21(17)26-23(29)18-5-3-6-19(16-18)25-24(30)22-7-4-14-31-22/h3,5-6,8-9,15-16,22H,4,7,10-14H2,1-2H3,(H,25,30)(H,26,29). The maximum atomic E-state index is 12.8. The van der Waals surface area contributed by atoms with E-state index >= 15 is 0 Å². The number of aryl methyl sites for hydroxylation is 1. The van der Waals surface area contributed by atoms with Crippen molar-refractivity contribution in [3.63, 3.8) is 0 Å². The number of piperazine rings is 1. The maximum absolute atomic E-state index is 12.8. The molecule has 1 unspecified atom stereocenters. The van der Waals surface area contributed by atoms with Crippen LogP contribution < -0.4 is 15.5 Å². The fourth-order valence-corrected chi connectivity index (χ4v) is 3.99. The van der Waals surface area contributed by atoms with Crippen LogP contribution in [0.5, 0.6) is 0 Å². The Balaban J connectivity index is 1.40. The number of anilines is 3. The first-order chi connectivity index (χ1) is 15.0. The SMILES string of the molecule is Cc1cc(N2CCN(C)CC2)ccc1NC(=O)c1cccc(NC(=O)C2CCCO2)c1. The summed E-state index contributed by atoms with van der Waals surface area (Å²) in [6.45, 7) is 6.74. The number of amides is 2. The number of hydrogen-bond acceptors (Lipinski definition) is 5. The van der Waals surface area contributed by atoms with Gasteiger partial charge in [0.25, 0.3) is 11.8 Å². The van der Waals surface area contributed by atoms with Crippen LogP contribution >= 0.6 is 0 Å². The minimum absolute atomic E-state index is 0.162. The molecule has 2 aliphatic heterocycles. The highest BCUT2D eigenvalue weighted by Crippen LogP contribution is 2.24. The van der Waals surface area contributed by atoms with Crippen molar-refractivity contribution in [3.8, 4) is 0 Å². The largest absolute Gasteiger partial charge is 0.369 e. The van der Waals surface area contributed by atoms with Crippen LogP contribution in [0.15, 0.2) is 42.5 Å². The van der Waals surface area contributed by atoms with Crippen LogP contribution in [0, 0.1) is 6.92 Å². The highest BCUT2D eigenvalue weighted by molar-refractivity contribution is 6.06. The van der Waals surface area contributed by atoms with E-state index in [0.717, 1.165) is 50.3 Å². The number of carbonyl (C=O) groups is 2. The third-order valence-corrected chi connectivity index (χ3v) is 5.94. The molecule has 31 heavy (non-hydrogen) atoms. The summed E-state index contributed by atoms with van der Waals surface area (Å²) in [6.07, 6.45) is 1.22. The second-order valence-corrected chi connectivity index (χ2v) is 8.32. The molecule has 2 N–H and O–H groups in total. The number of nitrogens with one attached hydrogen (secondary N) is 2. The molecule has 2 heterocycles. The van der Waals surface area contributed by atoms with Crippen molar-refractivity contribution >= 4 is 28.9 Å². The molecule has 0 radical (unpaired) electrons. The lowest BCUT2D eigenvalue weighted by Crippen LogP contribution is -2.44. The van der Waals surface area contributed by atoms with Gasteiger partial charge >= 0.3 is 0 Å². The molecule has 2 saturated heterocycles.